The minimum absolute atomic E-state index is 0.0858. The Kier molecular flexibility index (Phi) is 5.96. The van der Waals surface area contributed by atoms with Crippen molar-refractivity contribution < 1.29 is 4.79 Å². The molecule has 0 N–H and O–H groups in total. The highest BCUT2D eigenvalue weighted by atomic mass is 79.9. The van der Waals surface area contributed by atoms with Gasteiger partial charge in [0.25, 0.3) is 5.91 Å². The van der Waals surface area contributed by atoms with Crippen LogP contribution >= 0.6 is 15.9 Å². The van der Waals surface area contributed by atoms with Gasteiger partial charge in [0.2, 0.25) is 0 Å². The Hall–Kier alpha value is -3.83. The summed E-state index contributed by atoms with van der Waals surface area (Å²) in [5.74, 6) is -0.0858. The third kappa shape index (κ3) is 4.69. The van der Waals surface area contributed by atoms with Crippen LogP contribution in [0.2, 0.25) is 0 Å². The Labute approximate surface area is 201 Å². The molecule has 33 heavy (non-hydrogen) atoms. The van der Waals surface area contributed by atoms with Crippen LogP contribution in [-0.2, 0) is 11.3 Å². The van der Waals surface area contributed by atoms with Crippen molar-refractivity contribution in [2.45, 2.75) is 6.54 Å². The summed E-state index contributed by atoms with van der Waals surface area (Å²) < 4.78 is 1.04. The molecule has 0 aliphatic carbocycles. The maximum atomic E-state index is 13.3. The van der Waals surface area contributed by atoms with Crippen LogP contribution in [0.25, 0.3) is 0 Å². The number of carbonyl (C=O) groups excluding carboxylic acids is 1. The van der Waals surface area contributed by atoms with Crippen molar-refractivity contribution in [2.75, 3.05) is 4.90 Å². The maximum absolute atomic E-state index is 13.3. The van der Waals surface area contributed by atoms with Crippen molar-refractivity contribution in [3.05, 3.63) is 124 Å². The van der Waals surface area contributed by atoms with Gasteiger partial charge in [-0.1, -0.05) is 76.6 Å². The van der Waals surface area contributed by atoms with Crippen molar-refractivity contribution in [1.29, 1.82) is 0 Å². The fraction of sp³-hybridized carbons (Fsp3) is 0.0357. The number of rotatable bonds is 5. The molecular formula is C28H20BrN3O. The van der Waals surface area contributed by atoms with Gasteiger partial charge in [0.05, 0.1) is 23.6 Å². The quantitative estimate of drug-likeness (QED) is 0.280. The lowest BCUT2D eigenvalue weighted by molar-refractivity contribution is -0.112. The molecule has 0 spiro atoms. The second kappa shape index (κ2) is 9.35. The van der Waals surface area contributed by atoms with E-state index in [1.54, 1.807) is 4.90 Å². The summed E-state index contributed by atoms with van der Waals surface area (Å²) in [7, 11) is 0. The first-order valence-corrected chi connectivity index (χ1v) is 11.4. The van der Waals surface area contributed by atoms with Gasteiger partial charge in [-0.2, -0.15) is 0 Å². The minimum Gasteiger partial charge on any atom is -0.302 e. The van der Waals surface area contributed by atoms with Crippen LogP contribution in [0.1, 0.15) is 16.7 Å². The number of hydrogen-bond acceptors (Lipinski definition) is 3. The van der Waals surface area contributed by atoms with E-state index in [0.29, 0.717) is 12.3 Å². The van der Waals surface area contributed by atoms with Gasteiger partial charge in [-0.25, -0.2) is 4.99 Å². The van der Waals surface area contributed by atoms with Crippen LogP contribution in [0.5, 0.6) is 0 Å². The normalized spacial score (nSPS) is 14.3. The van der Waals surface area contributed by atoms with Crippen LogP contribution in [0.3, 0.4) is 0 Å². The van der Waals surface area contributed by atoms with E-state index >= 15 is 0 Å². The van der Waals surface area contributed by atoms with Crippen LogP contribution in [0, 0.1) is 0 Å². The van der Waals surface area contributed by atoms with Crippen molar-refractivity contribution in [1.82, 2.24) is 0 Å². The summed E-state index contributed by atoms with van der Waals surface area (Å²) in [5, 5.41) is 0. The Morgan fingerprint density at radius 1 is 0.758 bits per heavy atom. The minimum atomic E-state index is -0.0858. The van der Waals surface area contributed by atoms with E-state index in [4.69, 9.17) is 4.99 Å². The van der Waals surface area contributed by atoms with Gasteiger partial charge in [-0.3, -0.25) is 9.79 Å². The number of para-hydroxylation sites is 1. The Morgan fingerprint density at radius 3 is 2.18 bits per heavy atom. The molecule has 0 fully saturated rings. The summed E-state index contributed by atoms with van der Waals surface area (Å²) in [6.07, 6.45) is 1.82. The lowest BCUT2D eigenvalue weighted by Gasteiger charge is -2.16. The first kappa shape index (κ1) is 21.0. The molecular weight excluding hydrogens is 474 g/mol. The van der Waals surface area contributed by atoms with Crippen molar-refractivity contribution >= 4 is 50.8 Å². The summed E-state index contributed by atoms with van der Waals surface area (Å²) in [6, 6.07) is 33.4. The molecule has 1 heterocycles. The average Bonchev–Trinajstić information content (AvgIpc) is 3.11. The first-order chi connectivity index (χ1) is 16.2. The molecule has 0 aromatic heterocycles. The van der Waals surface area contributed by atoms with E-state index in [-0.39, 0.29) is 5.91 Å². The number of benzene rings is 4. The summed E-state index contributed by atoms with van der Waals surface area (Å²) >= 11 is 3.44. The fourth-order valence-corrected chi connectivity index (χ4v) is 4.00. The van der Waals surface area contributed by atoms with Crippen LogP contribution in [0.15, 0.2) is 118 Å². The molecule has 0 atom stereocenters. The van der Waals surface area contributed by atoms with E-state index in [2.05, 4.69) is 20.9 Å². The maximum Gasteiger partial charge on any atom is 0.277 e. The number of nitrogens with zero attached hydrogens (tertiary/aromatic N) is 3. The molecule has 0 radical (unpaired) electrons. The molecule has 160 valence electrons. The standard InChI is InChI=1S/C28H20BrN3O/c29-22-12-10-20(11-13-22)18-30-23-14-16-24(17-15-23)31-27-25-8-4-5-9-26(25)32(28(27)33)19-21-6-2-1-3-7-21/h1-18H,19H2. The van der Waals surface area contributed by atoms with Gasteiger partial charge in [-0.05, 0) is 53.6 Å². The largest absolute Gasteiger partial charge is 0.302 e. The zero-order valence-corrected chi connectivity index (χ0v) is 19.3. The highest BCUT2D eigenvalue weighted by Gasteiger charge is 2.33. The van der Waals surface area contributed by atoms with E-state index in [9.17, 15) is 4.79 Å². The number of fused-ring (bicyclic) bond motifs is 1. The number of amides is 1. The highest BCUT2D eigenvalue weighted by Crippen LogP contribution is 2.32. The van der Waals surface area contributed by atoms with Crippen molar-refractivity contribution in [3.63, 3.8) is 0 Å². The van der Waals surface area contributed by atoms with Crippen LogP contribution < -0.4 is 4.90 Å². The highest BCUT2D eigenvalue weighted by molar-refractivity contribution is 9.10. The lowest BCUT2D eigenvalue weighted by Crippen LogP contribution is -2.29. The Balaban J connectivity index is 1.39. The molecule has 4 aromatic rings. The molecule has 1 aliphatic heterocycles. The molecule has 1 amide bonds. The molecule has 1 aliphatic rings. The number of halogens is 1. The number of aliphatic imine (C=N–C) groups is 2. The van der Waals surface area contributed by atoms with Gasteiger partial charge in [-0.15, -0.1) is 0 Å². The smallest absolute Gasteiger partial charge is 0.277 e. The summed E-state index contributed by atoms with van der Waals surface area (Å²) in [4.78, 5) is 24.3. The molecule has 0 saturated carbocycles. The van der Waals surface area contributed by atoms with Gasteiger partial charge < -0.3 is 4.90 Å². The van der Waals surface area contributed by atoms with E-state index in [0.717, 1.165) is 38.2 Å². The monoisotopic (exact) mass is 493 g/mol. The topological polar surface area (TPSA) is 45.0 Å². The van der Waals surface area contributed by atoms with E-state index < -0.39 is 0 Å². The van der Waals surface area contributed by atoms with Crippen molar-refractivity contribution in [2.24, 2.45) is 9.98 Å². The predicted octanol–water partition coefficient (Wildman–Crippen LogP) is 6.87. The van der Waals surface area contributed by atoms with Gasteiger partial charge >= 0.3 is 0 Å². The van der Waals surface area contributed by atoms with Gasteiger partial charge in [0.15, 0.2) is 0 Å². The summed E-state index contributed by atoms with van der Waals surface area (Å²) in [5.41, 5.74) is 5.86. The number of carbonyl (C=O) groups is 1. The number of anilines is 1. The zero-order valence-electron chi connectivity index (χ0n) is 17.7. The third-order valence-electron chi connectivity index (χ3n) is 5.40. The molecule has 5 heteroatoms. The van der Waals surface area contributed by atoms with Crippen molar-refractivity contribution in [3.8, 4) is 0 Å². The fourth-order valence-electron chi connectivity index (χ4n) is 3.73. The predicted molar refractivity (Wildman–Crippen MR) is 138 cm³/mol. The second-order valence-electron chi connectivity index (χ2n) is 7.68. The molecule has 4 aromatic carbocycles. The molecule has 0 unspecified atom stereocenters. The van der Waals surface area contributed by atoms with E-state index in [1.807, 2.05) is 109 Å². The molecule has 0 bridgehead atoms. The average molecular weight is 494 g/mol. The first-order valence-electron chi connectivity index (χ1n) is 10.6. The Morgan fingerprint density at radius 2 is 1.42 bits per heavy atom. The third-order valence-corrected chi connectivity index (χ3v) is 5.93. The van der Waals surface area contributed by atoms with Crippen LogP contribution in [0.4, 0.5) is 17.1 Å². The second-order valence-corrected chi connectivity index (χ2v) is 8.60. The van der Waals surface area contributed by atoms with Crippen LogP contribution in [-0.4, -0.2) is 17.8 Å². The van der Waals surface area contributed by atoms with Gasteiger partial charge in [0.1, 0.15) is 5.71 Å². The summed E-state index contributed by atoms with van der Waals surface area (Å²) in [6.45, 7) is 0.513. The van der Waals surface area contributed by atoms with Gasteiger partial charge in [0, 0.05) is 16.3 Å². The number of hydrogen-bond donors (Lipinski definition) is 0. The lowest BCUT2D eigenvalue weighted by atomic mass is 10.1. The molecule has 5 rings (SSSR count). The van der Waals surface area contributed by atoms with E-state index in [1.165, 1.54) is 0 Å². The molecule has 4 nitrogen and oxygen atoms in total. The molecule has 0 saturated heterocycles. The zero-order chi connectivity index (χ0) is 22.6. The SMILES string of the molecule is O=C1C(=Nc2ccc(N=Cc3ccc(Br)cc3)cc2)c2ccccc2N1Cc1ccccc1. The Bertz CT molecular complexity index is 1340.